The van der Waals surface area contributed by atoms with Gasteiger partial charge in [-0.05, 0) is 67.3 Å². The van der Waals surface area contributed by atoms with Gasteiger partial charge in [-0.15, -0.1) is 0 Å². The van der Waals surface area contributed by atoms with Crippen LogP contribution in [0.25, 0.3) is 0 Å². The highest BCUT2D eigenvalue weighted by Gasteiger charge is 2.45. The first-order valence-corrected chi connectivity index (χ1v) is 15.1. The number of benzene rings is 1. The lowest BCUT2D eigenvalue weighted by Crippen LogP contribution is -2.37. The first kappa shape index (κ1) is 25.4. The number of carbonyl (C=O) groups is 1. The van der Waals surface area contributed by atoms with Crippen LogP contribution in [-0.2, 0) is 21.2 Å². The standard InChI is InChI=1S/C27H35N5O5S/c33-14-17-38(35,36)32-9-4-20-18-21(23(19-22(20)32)30-10-7-27(5-6-27)8-11-30)26(34)29-24-2-1-3-25(28-24)31-12-15-37-16-13-31/h1-3,18-19,33H,4-17H2,(H,28,29,34). The van der Waals surface area contributed by atoms with Gasteiger partial charge in [-0.2, -0.15) is 0 Å². The van der Waals surface area contributed by atoms with Crippen molar-refractivity contribution in [2.75, 3.05) is 77.7 Å². The van der Waals surface area contributed by atoms with E-state index in [1.807, 2.05) is 24.3 Å². The maximum absolute atomic E-state index is 13.7. The Morgan fingerprint density at radius 2 is 1.76 bits per heavy atom. The second kappa shape index (κ2) is 10.0. The maximum Gasteiger partial charge on any atom is 0.258 e. The van der Waals surface area contributed by atoms with Gasteiger partial charge >= 0.3 is 0 Å². The second-order valence-electron chi connectivity index (χ2n) is 10.8. The monoisotopic (exact) mass is 541 g/mol. The zero-order chi connectivity index (χ0) is 26.3. The first-order valence-electron chi connectivity index (χ1n) is 13.5. The Hall–Kier alpha value is -2.89. The van der Waals surface area contributed by atoms with Crippen LogP contribution in [0.5, 0.6) is 0 Å². The van der Waals surface area contributed by atoms with Crippen LogP contribution >= 0.6 is 0 Å². The van der Waals surface area contributed by atoms with Crippen LogP contribution in [0.15, 0.2) is 30.3 Å². The minimum Gasteiger partial charge on any atom is -0.395 e. The van der Waals surface area contributed by atoms with Gasteiger partial charge < -0.3 is 25.0 Å². The van der Waals surface area contributed by atoms with Gasteiger partial charge in [-0.25, -0.2) is 13.4 Å². The molecule has 6 rings (SSSR count). The Kier molecular flexibility index (Phi) is 6.69. The van der Waals surface area contributed by atoms with Gasteiger partial charge in [0.05, 0.1) is 42.5 Å². The average Bonchev–Trinajstić information content (AvgIpc) is 3.53. The smallest absolute Gasteiger partial charge is 0.258 e. The third kappa shape index (κ3) is 4.94. The third-order valence-corrected chi connectivity index (χ3v) is 10.2. The van der Waals surface area contributed by atoms with E-state index in [0.29, 0.717) is 48.7 Å². The van der Waals surface area contributed by atoms with E-state index in [9.17, 15) is 18.3 Å². The van der Waals surface area contributed by atoms with Crippen LogP contribution in [0.4, 0.5) is 23.0 Å². The van der Waals surface area contributed by atoms with E-state index in [4.69, 9.17) is 4.74 Å². The molecule has 1 saturated carbocycles. The van der Waals surface area contributed by atoms with Gasteiger partial charge in [0, 0.05) is 32.7 Å². The minimum atomic E-state index is -3.64. The number of hydrogen-bond donors (Lipinski definition) is 2. The van der Waals surface area contributed by atoms with Crippen LogP contribution in [0, 0.1) is 5.41 Å². The molecule has 3 aliphatic heterocycles. The van der Waals surface area contributed by atoms with E-state index in [0.717, 1.165) is 56.1 Å². The summed E-state index contributed by atoms with van der Waals surface area (Å²) in [4.78, 5) is 22.8. The molecule has 11 heteroatoms. The molecule has 0 bridgehead atoms. The lowest BCUT2D eigenvalue weighted by molar-refractivity contribution is 0.102. The van der Waals surface area contributed by atoms with Crippen LogP contribution in [0.2, 0.25) is 0 Å². The summed E-state index contributed by atoms with van der Waals surface area (Å²) >= 11 is 0. The van der Waals surface area contributed by atoms with Gasteiger partial charge in [0.15, 0.2) is 0 Å². The predicted molar refractivity (Wildman–Crippen MR) is 147 cm³/mol. The Labute approximate surface area is 223 Å². The first-order chi connectivity index (χ1) is 18.4. The number of fused-ring (bicyclic) bond motifs is 1. The number of sulfonamides is 1. The number of aromatic nitrogens is 1. The van der Waals surface area contributed by atoms with E-state index in [1.165, 1.54) is 17.1 Å². The largest absolute Gasteiger partial charge is 0.395 e. The molecule has 0 atom stereocenters. The normalized spacial score (nSPS) is 20.5. The third-order valence-electron chi connectivity index (χ3n) is 8.41. The molecule has 1 spiro atoms. The fourth-order valence-electron chi connectivity index (χ4n) is 5.90. The number of anilines is 4. The summed E-state index contributed by atoms with van der Waals surface area (Å²) in [6.07, 6.45) is 5.24. The summed E-state index contributed by atoms with van der Waals surface area (Å²) < 4.78 is 32.5. The molecule has 1 amide bonds. The van der Waals surface area contributed by atoms with Crippen LogP contribution in [-0.4, -0.2) is 82.7 Å². The van der Waals surface area contributed by atoms with E-state index in [2.05, 4.69) is 20.1 Å². The highest BCUT2D eigenvalue weighted by molar-refractivity contribution is 7.92. The molecule has 204 valence electrons. The molecule has 1 aromatic heterocycles. The van der Waals surface area contributed by atoms with E-state index in [1.54, 1.807) is 6.07 Å². The summed E-state index contributed by atoms with van der Waals surface area (Å²) in [7, 11) is -3.64. The second-order valence-corrected chi connectivity index (χ2v) is 12.8. The van der Waals surface area contributed by atoms with Crippen molar-refractivity contribution in [3.63, 3.8) is 0 Å². The number of piperidine rings is 1. The number of morpholine rings is 1. The Morgan fingerprint density at radius 1 is 1.00 bits per heavy atom. The van der Waals surface area contributed by atoms with Gasteiger partial charge in [0.2, 0.25) is 10.0 Å². The van der Waals surface area contributed by atoms with E-state index >= 15 is 0 Å². The fraction of sp³-hybridized carbons (Fsp3) is 0.556. The number of nitrogens with one attached hydrogen (secondary N) is 1. The van der Waals surface area contributed by atoms with Crippen molar-refractivity contribution >= 4 is 38.9 Å². The van der Waals surface area contributed by atoms with Crippen LogP contribution < -0.4 is 19.4 Å². The highest BCUT2D eigenvalue weighted by Crippen LogP contribution is 2.54. The quantitative estimate of drug-likeness (QED) is 0.549. The summed E-state index contributed by atoms with van der Waals surface area (Å²) in [5, 5.41) is 12.3. The van der Waals surface area contributed by atoms with Crippen molar-refractivity contribution in [1.82, 2.24) is 4.98 Å². The Morgan fingerprint density at radius 3 is 2.47 bits per heavy atom. The van der Waals surface area contributed by atoms with Crippen molar-refractivity contribution in [3.8, 4) is 0 Å². The fourth-order valence-corrected chi connectivity index (χ4v) is 7.19. The zero-order valence-electron chi connectivity index (χ0n) is 21.6. The van der Waals surface area contributed by atoms with Crippen molar-refractivity contribution in [2.45, 2.75) is 32.1 Å². The molecule has 38 heavy (non-hydrogen) atoms. The molecule has 0 unspecified atom stereocenters. The molecule has 2 saturated heterocycles. The molecular weight excluding hydrogens is 506 g/mol. The number of nitrogens with zero attached hydrogens (tertiary/aromatic N) is 4. The summed E-state index contributed by atoms with van der Waals surface area (Å²) in [6.45, 7) is 4.38. The highest BCUT2D eigenvalue weighted by atomic mass is 32.2. The number of ether oxygens (including phenoxy) is 1. The van der Waals surface area contributed by atoms with Gasteiger partial charge in [-0.1, -0.05) is 6.07 Å². The van der Waals surface area contributed by atoms with E-state index in [-0.39, 0.29) is 11.7 Å². The lowest BCUT2D eigenvalue weighted by atomic mass is 9.92. The van der Waals surface area contributed by atoms with Crippen molar-refractivity contribution in [1.29, 1.82) is 0 Å². The van der Waals surface area contributed by atoms with E-state index < -0.39 is 16.6 Å². The number of rotatable bonds is 7. The van der Waals surface area contributed by atoms with Gasteiger partial charge in [0.1, 0.15) is 11.6 Å². The SMILES string of the molecule is O=C(Nc1cccc(N2CCOCC2)n1)c1cc2c(cc1N1CCC3(CC1)CC3)N(S(=O)(=O)CCO)CC2. The van der Waals surface area contributed by atoms with Crippen LogP contribution in [0.3, 0.4) is 0 Å². The topological polar surface area (TPSA) is 115 Å². The molecule has 4 aliphatic rings. The molecular formula is C27H35N5O5S. The number of aliphatic hydroxyl groups excluding tert-OH is 1. The lowest BCUT2D eigenvalue weighted by Gasteiger charge is -2.35. The number of amides is 1. The van der Waals surface area contributed by atoms with Crippen molar-refractivity contribution in [3.05, 3.63) is 41.5 Å². The van der Waals surface area contributed by atoms with Gasteiger partial charge in [0.25, 0.3) is 5.91 Å². The summed E-state index contributed by atoms with van der Waals surface area (Å²) in [6, 6.07) is 9.33. The maximum atomic E-state index is 13.7. The number of carbonyl (C=O) groups excluding carboxylic acids is 1. The Bertz CT molecular complexity index is 1310. The molecule has 10 nitrogen and oxygen atoms in total. The zero-order valence-corrected chi connectivity index (χ0v) is 22.4. The molecule has 1 aliphatic carbocycles. The molecule has 2 aromatic rings. The predicted octanol–water partition coefficient (Wildman–Crippen LogP) is 2.24. The van der Waals surface area contributed by atoms with Crippen LogP contribution in [0.1, 0.15) is 41.6 Å². The Balaban J connectivity index is 1.31. The molecule has 1 aromatic carbocycles. The summed E-state index contributed by atoms with van der Waals surface area (Å²) in [5.74, 6) is 0.711. The number of pyridine rings is 1. The molecule has 3 fully saturated rings. The molecule has 2 N–H and O–H groups in total. The van der Waals surface area contributed by atoms with Gasteiger partial charge in [-0.3, -0.25) is 9.10 Å². The number of hydrogen-bond acceptors (Lipinski definition) is 8. The number of aliphatic hydroxyl groups is 1. The molecule has 0 radical (unpaired) electrons. The summed E-state index contributed by atoms with van der Waals surface area (Å²) in [5.41, 5.74) is 3.20. The van der Waals surface area contributed by atoms with Crippen molar-refractivity contribution in [2.24, 2.45) is 5.41 Å². The minimum absolute atomic E-state index is 0.252. The molecule has 4 heterocycles. The average molecular weight is 542 g/mol. The van der Waals surface area contributed by atoms with Crippen molar-refractivity contribution < 1.29 is 23.1 Å².